The van der Waals surface area contributed by atoms with Gasteiger partial charge >= 0.3 is 0 Å². The number of aryl methyl sites for hydroxylation is 2. The van der Waals surface area contributed by atoms with Gasteiger partial charge in [0.05, 0.1) is 0 Å². The number of rotatable bonds is 6. The van der Waals surface area contributed by atoms with Gasteiger partial charge in [0.2, 0.25) is 5.91 Å². The Kier molecular flexibility index (Phi) is 5.55. The highest BCUT2D eigenvalue weighted by molar-refractivity contribution is 5.76. The molecule has 3 nitrogen and oxygen atoms in total. The van der Waals surface area contributed by atoms with E-state index in [1.165, 1.54) is 11.1 Å². The smallest absolute Gasteiger partial charge is 0.222 e. The molecule has 0 radical (unpaired) electrons. The molecule has 0 saturated carbocycles. The normalized spacial score (nSPS) is 11.4. The number of carbonyl (C=O) groups is 1. The van der Waals surface area contributed by atoms with Crippen molar-refractivity contribution in [3.8, 4) is 0 Å². The highest BCUT2D eigenvalue weighted by atomic mass is 16.2. The molecule has 0 aliphatic carbocycles. The zero-order chi connectivity index (χ0) is 14.5. The zero-order valence-corrected chi connectivity index (χ0v) is 12.6. The second kappa shape index (κ2) is 6.71. The second-order valence-corrected chi connectivity index (χ2v) is 6.04. The van der Waals surface area contributed by atoms with Crippen LogP contribution in [-0.2, 0) is 11.2 Å². The standard InChI is InChI=1S/C16H26N2O/c1-13-7-5-6-8-14(13)9-10-15(19)18(4)12-16(2,3)11-17/h5-8H,9-12,17H2,1-4H3. The first-order chi connectivity index (χ1) is 8.85. The van der Waals surface area contributed by atoms with E-state index >= 15 is 0 Å². The first kappa shape index (κ1) is 15.7. The minimum atomic E-state index is -0.0208. The second-order valence-electron chi connectivity index (χ2n) is 6.04. The quantitative estimate of drug-likeness (QED) is 0.855. The number of nitrogens with two attached hydrogens (primary N) is 1. The lowest BCUT2D eigenvalue weighted by Gasteiger charge is -2.29. The van der Waals surface area contributed by atoms with Crippen molar-refractivity contribution >= 4 is 5.91 Å². The van der Waals surface area contributed by atoms with E-state index in [0.717, 1.165) is 6.42 Å². The van der Waals surface area contributed by atoms with E-state index < -0.39 is 0 Å². The van der Waals surface area contributed by atoms with Gasteiger partial charge in [0.15, 0.2) is 0 Å². The molecule has 1 aromatic rings. The van der Waals surface area contributed by atoms with Gasteiger partial charge in [-0.15, -0.1) is 0 Å². The number of hydrogen-bond donors (Lipinski definition) is 1. The van der Waals surface area contributed by atoms with Crippen LogP contribution in [0.4, 0.5) is 0 Å². The molecule has 0 aliphatic heterocycles. The monoisotopic (exact) mass is 262 g/mol. The summed E-state index contributed by atoms with van der Waals surface area (Å²) in [5, 5.41) is 0. The minimum Gasteiger partial charge on any atom is -0.345 e. The van der Waals surface area contributed by atoms with E-state index in [1.807, 2.05) is 19.2 Å². The lowest BCUT2D eigenvalue weighted by molar-refractivity contribution is -0.131. The molecule has 19 heavy (non-hydrogen) atoms. The maximum Gasteiger partial charge on any atom is 0.222 e. The average molecular weight is 262 g/mol. The van der Waals surface area contributed by atoms with Crippen LogP contribution in [0.15, 0.2) is 24.3 Å². The molecule has 0 saturated heterocycles. The Morgan fingerprint density at radius 1 is 1.32 bits per heavy atom. The third-order valence-corrected chi connectivity index (χ3v) is 3.51. The summed E-state index contributed by atoms with van der Waals surface area (Å²) >= 11 is 0. The van der Waals surface area contributed by atoms with Crippen molar-refractivity contribution in [3.63, 3.8) is 0 Å². The van der Waals surface area contributed by atoms with E-state index in [4.69, 9.17) is 5.73 Å². The summed E-state index contributed by atoms with van der Waals surface area (Å²) in [5.74, 6) is 0.185. The highest BCUT2D eigenvalue weighted by Crippen LogP contribution is 2.15. The van der Waals surface area contributed by atoms with E-state index in [-0.39, 0.29) is 11.3 Å². The highest BCUT2D eigenvalue weighted by Gasteiger charge is 2.20. The summed E-state index contributed by atoms with van der Waals surface area (Å²) in [7, 11) is 1.86. The van der Waals surface area contributed by atoms with Crippen LogP contribution < -0.4 is 5.73 Å². The largest absolute Gasteiger partial charge is 0.345 e. The summed E-state index contributed by atoms with van der Waals surface area (Å²) in [6, 6.07) is 8.22. The molecule has 0 fully saturated rings. The van der Waals surface area contributed by atoms with Crippen molar-refractivity contribution < 1.29 is 4.79 Å². The molecule has 0 unspecified atom stereocenters. The molecule has 0 spiro atoms. The Balaban J connectivity index is 2.50. The predicted octanol–water partition coefficient (Wildman–Crippen LogP) is 2.37. The van der Waals surface area contributed by atoms with Crippen molar-refractivity contribution in [1.82, 2.24) is 4.90 Å². The first-order valence-electron chi connectivity index (χ1n) is 6.84. The molecule has 0 heterocycles. The lowest BCUT2D eigenvalue weighted by atomic mass is 9.93. The molecule has 0 atom stereocenters. The molecule has 1 amide bonds. The lowest BCUT2D eigenvalue weighted by Crippen LogP contribution is -2.39. The Morgan fingerprint density at radius 3 is 2.53 bits per heavy atom. The van der Waals surface area contributed by atoms with Gasteiger partial charge in [-0.1, -0.05) is 38.1 Å². The Bertz CT molecular complexity index is 427. The summed E-state index contributed by atoms with van der Waals surface area (Å²) in [6.07, 6.45) is 1.36. The number of nitrogens with zero attached hydrogens (tertiary/aromatic N) is 1. The molecule has 0 aliphatic rings. The van der Waals surface area contributed by atoms with Crippen molar-refractivity contribution in [2.75, 3.05) is 20.1 Å². The van der Waals surface area contributed by atoms with Crippen molar-refractivity contribution in [2.24, 2.45) is 11.1 Å². The van der Waals surface area contributed by atoms with E-state index in [1.54, 1.807) is 4.90 Å². The first-order valence-corrected chi connectivity index (χ1v) is 6.84. The van der Waals surface area contributed by atoms with Gasteiger partial charge in [-0.05, 0) is 36.4 Å². The SMILES string of the molecule is Cc1ccccc1CCC(=O)N(C)CC(C)(C)CN. The van der Waals surface area contributed by atoms with Crippen molar-refractivity contribution in [2.45, 2.75) is 33.6 Å². The van der Waals surface area contributed by atoms with Crippen LogP contribution in [0.5, 0.6) is 0 Å². The molecule has 0 bridgehead atoms. The summed E-state index contributed by atoms with van der Waals surface area (Å²) in [6.45, 7) is 7.54. The van der Waals surface area contributed by atoms with Gasteiger partial charge in [0, 0.05) is 20.0 Å². The number of carbonyl (C=O) groups excluding carboxylic acids is 1. The van der Waals surface area contributed by atoms with Crippen LogP contribution >= 0.6 is 0 Å². The third kappa shape index (κ3) is 5.03. The molecule has 106 valence electrons. The summed E-state index contributed by atoms with van der Waals surface area (Å²) in [5.41, 5.74) is 8.18. The summed E-state index contributed by atoms with van der Waals surface area (Å²) < 4.78 is 0. The number of benzene rings is 1. The summed E-state index contributed by atoms with van der Waals surface area (Å²) in [4.78, 5) is 13.9. The van der Waals surface area contributed by atoms with Gasteiger partial charge in [-0.2, -0.15) is 0 Å². The van der Waals surface area contributed by atoms with E-state index in [9.17, 15) is 4.79 Å². The molecule has 3 heteroatoms. The van der Waals surface area contributed by atoms with E-state index in [0.29, 0.717) is 19.5 Å². The Labute approximate surface area is 116 Å². The van der Waals surface area contributed by atoms with Gasteiger partial charge in [0.1, 0.15) is 0 Å². The fraction of sp³-hybridized carbons (Fsp3) is 0.562. The molecular weight excluding hydrogens is 236 g/mol. The van der Waals surface area contributed by atoms with Crippen LogP contribution in [0.3, 0.4) is 0 Å². The molecule has 2 N–H and O–H groups in total. The topological polar surface area (TPSA) is 46.3 Å². The van der Waals surface area contributed by atoms with Crippen molar-refractivity contribution in [3.05, 3.63) is 35.4 Å². The molecule has 0 aromatic heterocycles. The molecule has 1 aromatic carbocycles. The maximum atomic E-state index is 12.1. The fourth-order valence-electron chi connectivity index (χ4n) is 2.12. The zero-order valence-electron chi connectivity index (χ0n) is 12.6. The van der Waals surface area contributed by atoms with E-state index in [2.05, 4.69) is 32.9 Å². The van der Waals surface area contributed by atoms with Crippen LogP contribution in [0.25, 0.3) is 0 Å². The van der Waals surface area contributed by atoms with Gasteiger partial charge in [-0.3, -0.25) is 4.79 Å². The van der Waals surface area contributed by atoms with Gasteiger partial charge < -0.3 is 10.6 Å². The maximum absolute atomic E-state index is 12.1. The minimum absolute atomic E-state index is 0.0208. The van der Waals surface area contributed by atoms with Gasteiger partial charge in [0.25, 0.3) is 0 Å². The van der Waals surface area contributed by atoms with Crippen LogP contribution in [0.1, 0.15) is 31.4 Å². The molecule has 1 rings (SSSR count). The number of amides is 1. The third-order valence-electron chi connectivity index (χ3n) is 3.51. The average Bonchev–Trinajstić information content (AvgIpc) is 2.37. The van der Waals surface area contributed by atoms with Crippen LogP contribution in [0.2, 0.25) is 0 Å². The number of hydrogen-bond acceptors (Lipinski definition) is 2. The van der Waals surface area contributed by atoms with Crippen LogP contribution in [-0.4, -0.2) is 30.9 Å². The Hall–Kier alpha value is -1.35. The van der Waals surface area contributed by atoms with Crippen molar-refractivity contribution in [1.29, 1.82) is 0 Å². The fourth-order valence-corrected chi connectivity index (χ4v) is 2.12. The van der Waals surface area contributed by atoms with Gasteiger partial charge in [-0.25, -0.2) is 0 Å². The predicted molar refractivity (Wildman–Crippen MR) is 80.0 cm³/mol. The van der Waals surface area contributed by atoms with Crippen LogP contribution in [0, 0.1) is 12.3 Å². The molecular formula is C16H26N2O. The Morgan fingerprint density at radius 2 is 1.95 bits per heavy atom.